The molecule has 0 radical (unpaired) electrons. The molecule has 106 valence electrons. The Kier molecular flexibility index (Phi) is 2.88. The summed E-state index contributed by atoms with van der Waals surface area (Å²) in [5.74, 6) is 0.966. The van der Waals surface area contributed by atoms with Crippen LogP contribution in [-0.4, -0.2) is 34.3 Å². The zero-order chi connectivity index (χ0) is 13.7. The summed E-state index contributed by atoms with van der Waals surface area (Å²) < 4.78 is 0. The van der Waals surface area contributed by atoms with Gasteiger partial charge in [0.05, 0.1) is 0 Å². The van der Waals surface area contributed by atoms with Crippen LogP contribution in [0.1, 0.15) is 58.8 Å². The molecule has 1 spiro atoms. The lowest BCUT2D eigenvalue weighted by Crippen LogP contribution is -2.73. The number of piperazine rings is 1. The van der Waals surface area contributed by atoms with E-state index < -0.39 is 11.1 Å². The van der Waals surface area contributed by atoms with Crippen molar-refractivity contribution in [3.63, 3.8) is 0 Å². The number of nitrogens with one attached hydrogen (secondary N) is 1. The van der Waals surface area contributed by atoms with Crippen molar-refractivity contribution in [2.75, 3.05) is 6.54 Å². The van der Waals surface area contributed by atoms with Gasteiger partial charge in [-0.15, -0.1) is 0 Å². The molecule has 0 aromatic rings. The first kappa shape index (κ1) is 12.9. The highest BCUT2D eigenvalue weighted by molar-refractivity contribution is 6.02. The molecule has 4 heteroatoms. The van der Waals surface area contributed by atoms with Crippen LogP contribution < -0.4 is 5.32 Å². The molecule has 2 saturated carbocycles. The van der Waals surface area contributed by atoms with Gasteiger partial charge in [-0.05, 0) is 39.0 Å². The predicted molar refractivity (Wildman–Crippen MR) is 72.5 cm³/mol. The van der Waals surface area contributed by atoms with Gasteiger partial charge in [0.2, 0.25) is 11.8 Å². The predicted octanol–water partition coefficient (Wildman–Crippen LogP) is 1.84. The largest absolute Gasteiger partial charge is 0.340 e. The van der Waals surface area contributed by atoms with Gasteiger partial charge in [-0.2, -0.15) is 0 Å². The van der Waals surface area contributed by atoms with E-state index in [9.17, 15) is 9.59 Å². The Hall–Kier alpha value is -1.06. The molecule has 1 saturated heterocycles. The number of hydrogen-bond acceptors (Lipinski definition) is 2. The van der Waals surface area contributed by atoms with Crippen LogP contribution in [0.5, 0.6) is 0 Å². The number of amides is 2. The van der Waals surface area contributed by atoms with Crippen molar-refractivity contribution >= 4 is 11.8 Å². The third-order valence-corrected chi connectivity index (χ3v) is 5.15. The highest BCUT2D eigenvalue weighted by Crippen LogP contribution is 2.39. The zero-order valence-electron chi connectivity index (χ0n) is 12.0. The van der Waals surface area contributed by atoms with E-state index in [1.54, 1.807) is 0 Å². The minimum absolute atomic E-state index is 0.0183. The number of rotatable bonds is 3. The zero-order valence-corrected chi connectivity index (χ0v) is 12.0. The second-order valence-corrected chi connectivity index (χ2v) is 6.99. The normalized spacial score (nSPS) is 28.8. The molecule has 0 unspecified atom stereocenters. The van der Waals surface area contributed by atoms with E-state index in [-0.39, 0.29) is 11.8 Å². The topological polar surface area (TPSA) is 49.4 Å². The first-order valence-electron chi connectivity index (χ1n) is 7.60. The third-order valence-electron chi connectivity index (χ3n) is 5.15. The molecule has 19 heavy (non-hydrogen) atoms. The van der Waals surface area contributed by atoms with E-state index in [4.69, 9.17) is 0 Å². The van der Waals surface area contributed by atoms with Gasteiger partial charge in [-0.1, -0.05) is 25.7 Å². The fraction of sp³-hybridized carbons (Fsp3) is 0.867. The molecule has 1 N–H and O–H groups in total. The highest BCUT2D eigenvalue weighted by Gasteiger charge is 2.55. The SMILES string of the molecule is CC1(C)C(=O)NC2(CCCC2)C(=O)N1CCC1CC1. The van der Waals surface area contributed by atoms with Crippen LogP contribution in [-0.2, 0) is 9.59 Å². The van der Waals surface area contributed by atoms with Gasteiger partial charge in [0, 0.05) is 6.54 Å². The lowest BCUT2D eigenvalue weighted by molar-refractivity contribution is -0.161. The fourth-order valence-corrected chi connectivity index (χ4v) is 3.48. The standard InChI is InChI=1S/C15H24N2O2/c1-14(2)12(18)16-15(8-3-4-9-15)13(19)17(14)10-7-11-5-6-11/h11H,3-10H2,1-2H3,(H,16,18). The van der Waals surface area contributed by atoms with Gasteiger partial charge in [0.1, 0.15) is 11.1 Å². The smallest absolute Gasteiger partial charge is 0.249 e. The van der Waals surface area contributed by atoms with Crippen LogP contribution in [0.25, 0.3) is 0 Å². The van der Waals surface area contributed by atoms with Crippen LogP contribution in [0.3, 0.4) is 0 Å². The van der Waals surface area contributed by atoms with Crippen molar-refractivity contribution in [1.29, 1.82) is 0 Å². The molecule has 0 atom stereocenters. The van der Waals surface area contributed by atoms with Crippen LogP contribution in [0.15, 0.2) is 0 Å². The molecular formula is C15H24N2O2. The van der Waals surface area contributed by atoms with Crippen LogP contribution in [0.4, 0.5) is 0 Å². The molecule has 0 aromatic heterocycles. The Balaban J connectivity index is 1.82. The summed E-state index contributed by atoms with van der Waals surface area (Å²) in [7, 11) is 0. The van der Waals surface area contributed by atoms with E-state index >= 15 is 0 Å². The number of carbonyl (C=O) groups is 2. The molecular weight excluding hydrogens is 240 g/mol. The maximum absolute atomic E-state index is 12.9. The molecule has 3 aliphatic rings. The summed E-state index contributed by atoms with van der Waals surface area (Å²) in [6.45, 7) is 4.48. The molecule has 3 fully saturated rings. The molecule has 1 heterocycles. The first-order chi connectivity index (χ1) is 8.96. The average molecular weight is 264 g/mol. The second-order valence-electron chi connectivity index (χ2n) is 6.99. The average Bonchev–Trinajstić information content (AvgIpc) is 3.06. The molecule has 2 aliphatic carbocycles. The van der Waals surface area contributed by atoms with Crippen LogP contribution in [0, 0.1) is 5.92 Å². The highest BCUT2D eigenvalue weighted by atomic mass is 16.2. The summed E-state index contributed by atoms with van der Waals surface area (Å²) in [6, 6.07) is 0. The first-order valence-corrected chi connectivity index (χ1v) is 7.60. The van der Waals surface area contributed by atoms with E-state index in [2.05, 4.69) is 5.32 Å². The quantitative estimate of drug-likeness (QED) is 0.845. The van der Waals surface area contributed by atoms with Gasteiger partial charge in [-0.25, -0.2) is 0 Å². The molecule has 0 bridgehead atoms. The monoisotopic (exact) mass is 264 g/mol. The Morgan fingerprint density at radius 1 is 1.21 bits per heavy atom. The van der Waals surface area contributed by atoms with Crippen molar-refractivity contribution in [2.45, 2.75) is 69.9 Å². The molecule has 0 aromatic carbocycles. The lowest BCUT2D eigenvalue weighted by Gasteiger charge is -2.49. The van der Waals surface area contributed by atoms with Gasteiger partial charge < -0.3 is 10.2 Å². The van der Waals surface area contributed by atoms with Gasteiger partial charge in [0.15, 0.2) is 0 Å². The van der Waals surface area contributed by atoms with Gasteiger partial charge in [-0.3, -0.25) is 9.59 Å². The van der Waals surface area contributed by atoms with E-state index in [0.717, 1.165) is 44.6 Å². The maximum Gasteiger partial charge on any atom is 0.249 e. The number of hydrogen-bond donors (Lipinski definition) is 1. The summed E-state index contributed by atoms with van der Waals surface area (Å²) in [6.07, 6.45) is 7.35. The van der Waals surface area contributed by atoms with Crippen molar-refractivity contribution in [3.05, 3.63) is 0 Å². The lowest BCUT2D eigenvalue weighted by atomic mass is 9.85. The maximum atomic E-state index is 12.9. The second kappa shape index (κ2) is 4.22. The molecule has 3 rings (SSSR count). The summed E-state index contributed by atoms with van der Waals surface area (Å²) in [4.78, 5) is 27.1. The minimum atomic E-state index is -0.695. The fourth-order valence-electron chi connectivity index (χ4n) is 3.48. The summed E-state index contributed by atoms with van der Waals surface area (Å²) in [5.41, 5.74) is -1.27. The summed E-state index contributed by atoms with van der Waals surface area (Å²) >= 11 is 0. The van der Waals surface area contributed by atoms with Crippen molar-refractivity contribution in [2.24, 2.45) is 5.92 Å². The van der Waals surface area contributed by atoms with Crippen molar-refractivity contribution in [3.8, 4) is 0 Å². The minimum Gasteiger partial charge on any atom is -0.340 e. The third kappa shape index (κ3) is 2.05. The number of carbonyl (C=O) groups excluding carboxylic acids is 2. The Morgan fingerprint density at radius 3 is 2.42 bits per heavy atom. The molecule has 2 amide bonds. The van der Waals surface area contributed by atoms with Crippen LogP contribution in [0.2, 0.25) is 0 Å². The van der Waals surface area contributed by atoms with E-state index in [1.807, 2.05) is 18.7 Å². The Morgan fingerprint density at radius 2 is 1.84 bits per heavy atom. The Bertz CT molecular complexity index is 406. The van der Waals surface area contributed by atoms with Gasteiger partial charge >= 0.3 is 0 Å². The summed E-state index contributed by atoms with van der Waals surface area (Å²) in [5, 5.41) is 3.03. The van der Waals surface area contributed by atoms with E-state index in [1.165, 1.54) is 12.8 Å². The number of nitrogens with zero attached hydrogens (tertiary/aromatic N) is 1. The van der Waals surface area contributed by atoms with Crippen LogP contribution >= 0.6 is 0 Å². The van der Waals surface area contributed by atoms with Gasteiger partial charge in [0.25, 0.3) is 0 Å². The van der Waals surface area contributed by atoms with Crippen molar-refractivity contribution in [1.82, 2.24) is 10.2 Å². The molecule has 1 aliphatic heterocycles. The molecule has 4 nitrogen and oxygen atoms in total. The van der Waals surface area contributed by atoms with E-state index in [0.29, 0.717) is 0 Å². The Labute approximate surface area is 114 Å². The van der Waals surface area contributed by atoms with Crippen molar-refractivity contribution < 1.29 is 9.59 Å².